The van der Waals surface area contributed by atoms with Crippen LogP contribution in [0.5, 0.6) is 0 Å². The molecule has 3 N–H and O–H groups in total. The van der Waals surface area contributed by atoms with Crippen molar-refractivity contribution in [2.45, 2.75) is 32.6 Å². The summed E-state index contributed by atoms with van der Waals surface area (Å²) in [6.45, 7) is 7.47. The zero-order valence-electron chi connectivity index (χ0n) is 12.7. The van der Waals surface area contributed by atoms with E-state index < -0.39 is 10.0 Å². The topological polar surface area (TPSA) is 72.2 Å². The largest absolute Gasteiger partial charge is 0.398 e. The Morgan fingerprint density at radius 2 is 1.52 bits per heavy atom. The molecule has 0 spiro atoms. The molecule has 0 radical (unpaired) electrons. The van der Waals surface area contributed by atoms with Crippen molar-refractivity contribution in [2.24, 2.45) is 0 Å². The lowest BCUT2D eigenvalue weighted by Crippen LogP contribution is -2.17. The van der Waals surface area contributed by atoms with E-state index in [0.29, 0.717) is 11.3 Å². The Morgan fingerprint density at radius 1 is 0.905 bits per heavy atom. The smallest absolute Gasteiger partial charge is 0.264 e. The highest BCUT2D eigenvalue weighted by Gasteiger charge is 2.22. The van der Waals surface area contributed by atoms with Gasteiger partial charge in [-0.15, -0.1) is 0 Å². The van der Waals surface area contributed by atoms with Crippen molar-refractivity contribution >= 4 is 21.4 Å². The van der Waals surface area contributed by atoms with Gasteiger partial charge in [-0.3, -0.25) is 4.72 Å². The number of hydrogen-bond acceptors (Lipinski definition) is 3. The third-order valence-electron chi connectivity index (χ3n) is 3.82. The summed E-state index contributed by atoms with van der Waals surface area (Å²) in [6, 6.07) is 8.97. The van der Waals surface area contributed by atoms with Crippen LogP contribution >= 0.6 is 0 Å². The summed E-state index contributed by atoms with van der Waals surface area (Å²) in [4.78, 5) is 0.156. The maximum Gasteiger partial charge on any atom is 0.264 e. The van der Waals surface area contributed by atoms with Crippen molar-refractivity contribution in [3.8, 4) is 0 Å². The van der Waals surface area contributed by atoms with Gasteiger partial charge in [-0.25, -0.2) is 8.42 Å². The molecule has 4 nitrogen and oxygen atoms in total. The molecule has 2 rings (SSSR count). The lowest BCUT2D eigenvalue weighted by atomic mass is 10.1. The van der Waals surface area contributed by atoms with Gasteiger partial charge in [-0.1, -0.05) is 18.2 Å². The van der Waals surface area contributed by atoms with Crippen LogP contribution in [0.1, 0.15) is 22.3 Å². The molecule has 0 aromatic heterocycles. The van der Waals surface area contributed by atoms with Crippen LogP contribution in [0.15, 0.2) is 35.2 Å². The fraction of sp³-hybridized carbons (Fsp3) is 0.250. The Balaban J connectivity index is 2.54. The Hall–Kier alpha value is -2.01. The van der Waals surface area contributed by atoms with E-state index in [9.17, 15) is 8.42 Å². The fourth-order valence-corrected chi connectivity index (χ4v) is 3.78. The lowest BCUT2D eigenvalue weighted by molar-refractivity contribution is 0.601. The summed E-state index contributed by atoms with van der Waals surface area (Å²) in [5.41, 5.74) is 10.2. The summed E-state index contributed by atoms with van der Waals surface area (Å²) in [7, 11) is -3.71. The maximum absolute atomic E-state index is 12.7. The molecule has 0 aliphatic heterocycles. The van der Waals surface area contributed by atoms with E-state index in [1.165, 1.54) is 0 Å². The van der Waals surface area contributed by atoms with Crippen molar-refractivity contribution in [2.75, 3.05) is 10.5 Å². The summed E-state index contributed by atoms with van der Waals surface area (Å²) in [5, 5.41) is 0. The zero-order valence-corrected chi connectivity index (χ0v) is 13.5. The predicted octanol–water partition coefficient (Wildman–Crippen LogP) is 3.30. The molecule has 0 atom stereocenters. The number of nitrogen functional groups attached to an aromatic ring is 1. The second-order valence-electron chi connectivity index (χ2n) is 5.28. The number of nitrogens with one attached hydrogen (secondary N) is 1. The van der Waals surface area contributed by atoms with Crippen LogP contribution < -0.4 is 10.5 Å². The van der Waals surface area contributed by atoms with Gasteiger partial charge in [0, 0.05) is 0 Å². The zero-order chi connectivity index (χ0) is 15.8. The number of sulfonamides is 1. The van der Waals surface area contributed by atoms with Gasteiger partial charge in [-0.05, 0) is 62.1 Å². The fourth-order valence-electron chi connectivity index (χ4n) is 2.23. The molecule has 0 saturated heterocycles. The van der Waals surface area contributed by atoms with E-state index in [1.807, 2.05) is 39.0 Å². The van der Waals surface area contributed by atoms with Gasteiger partial charge in [0.15, 0.2) is 0 Å². The third kappa shape index (κ3) is 2.88. The normalized spacial score (nSPS) is 11.4. The summed E-state index contributed by atoms with van der Waals surface area (Å²) in [6.07, 6.45) is 0. The highest BCUT2D eigenvalue weighted by Crippen LogP contribution is 2.28. The molecule has 2 aromatic rings. The van der Waals surface area contributed by atoms with Gasteiger partial charge in [0.05, 0.1) is 11.4 Å². The molecule has 21 heavy (non-hydrogen) atoms. The van der Waals surface area contributed by atoms with E-state index in [4.69, 9.17) is 5.73 Å². The van der Waals surface area contributed by atoms with E-state index in [1.54, 1.807) is 19.1 Å². The van der Waals surface area contributed by atoms with Crippen LogP contribution in [0, 0.1) is 27.7 Å². The van der Waals surface area contributed by atoms with E-state index in [0.717, 1.165) is 16.7 Å². The Morgan fingerprint density at radius 3 is 2.19 bits per heavy atom. The number of benzene rings is 2. The number of aryl methyl sites for hydroxylation is 2. The highest BCUT2D eigenvalue weighted by molar-refractivity contribution is 7.93. The summed E-state index contributed by atoms with van der Waals surface area (Å²) in [5.74, 6) is 0. The monoisotopic (exact) mass is 304 g/mol. The molecule has 112 valence electrons. The lowest BCUT2D eigenvalue weighted by Gasteiger charge is -2.16. The average molecular weight is 304 g/mol. The van der Waals surface area contributed by atoms with Crippen LogP contribution in [0.4, 0.5) is 11.4 Å². The molecule has 0 saturated carbocycles. The quantitative estimate of drug-likeness (QED) is 0.855. The van der Waals surface area contributed by atoms with Gasteiger partial charge in [-0.2, -0.15) is 0 Å². The molecular formula is C16H20N2O2S. The number of hydrogen-bond donors (Lipinski definition) is 2. The Labute approximate surface area is 126 Å². The van der Waals surface area contributed by atoms with Crippen molar-refractivity contribution in [3.05, 3.63) is 52.6 Å². The first-order valence-electron chi connectivity index (χ1n) is 6.68. The number of rotatable bonds is 3. The minimum Gasteiger partial charge on any atom is -0.398 e. The molecule has 0 amide bonds. The highest BCUT2D eigenvalue weighted by atomic mass is 32.2. The molecule has 5 heteroatoms. The molecule has 0 aliphatic carbocycles. The standard InChI is InChI=1S/C16H20N2O2S/c1-10-6-5-7-15(12(10)3)18-21(19,20)16-13(4)11(2)8-9-14(16)17/h5-9,18H,17H2,1-4H3. The predicted molar refractivity (Wildman–Crippen MR) is 87.1 cm³/mol. The minimum atomic E-state index is -3.71. The van der Waals surface area contributed by atoms with Crippen molar-refractivity contribution < 1.29 is 8.42 Å². The molecule has 0 unspecified atom stereocenters. The van der Waals surface area contributed by atoms with Crippen LogP contribution in [0.3, 0.4) is 0 Å². The van der Waals surface area contributed by atoms with E-state index in [2.05, 4.69) is 4.72 Å². The van der Waals surface area contributed by atoms with Crippen molar-refractivity contribution in [1.82, 2.24) is 0 Å². The second kappa shape index (κ2) is 5.41. The van der Waals surface area contributed by atoms with Crippen LogP contribution in [0.25, 0.3) is 0 Å². The van der Waals surface area contributed by atoms with Gasteiger partial charge in [0.2, 0.25) is 0 Å². The van der Waals surface area contributed by atoms with Gasteiger partial charge in [0.1, 0.15) is 4.90 Å². The first-order valence-corrected chi connectivity index (χ1v) is 8.17. The Bertz CT molecular complexity index is 796. The summed E-state index contributed by atoms with van der Waals surface area (Å²) >= 11 is 0. The van der Waals surface area contributed by atoms with Crippen LogP contribution in [0.2, 0.25) is 0 Å². The molecule has 0 heterocycles. The molecule has 0 aliphatic rings. The van der Waals surface area contributed by atoms with Gasteiger partial charge in [0.25, 0.3) is 10.0 Å². The molecule has 2 aromatic carbocycles. The SMILES string of the molecule is Cc1cccc(NS(=O)(=O)c2c(N)ccc(C)c2C)c1C. The molecule has 0 bridgehead atoms. The van der Waals surface area contributed by atoms with E-state index >= 15 is 0 Å². The average Bonchev–Trinajstić information content (AvgIpc) is 2.39. The minimum absolute atomic E-state index is 0.156. The summed E-state index contributed by atoms with van der Waals surface area (Å²) < 4.78 is 28.0. The van der Waals surface area contributed by atoms with Crippen LogP contribution in [-0.4, -0.2) is 8.42 Å². The van der Waals surface area contributed by atoms with Gasteiger partial charge >= 0.3 is 0 Å². The third-order valence-corrected chi connectivity index (χ3v) is 5.39. The first-order chi connectivity index (χ1) is 9.74. The number of anilines is 2. The van der Waals surface area contributed by atoms with Crippen molar-refractivity contribution in [1.29, 1.82) is 0 Å². The number of nitrogens with two attached hydrogens (primary N) is 1. The van der Waals surface area contributed by atoms with Crippen LogP contribution in [-0.2, 0) is 10.0 Å². The van der Waals surface area contributed by atoms with Crippen molar-refractivity contribution in [3.63, 3.8) is 0 Å². The van der Waals surface area contributed by atoms with Gasteiger partial charge < -0.3 is 5.73 Å². The Kier molecular flexibility index (Phi) is 3.96. The maximum atomic E-state index is 12.7. The molecular weight excluding hydrogens is 284 g/mol. The second-order valence-corrected chi connectivity index (χ2v) is 6.90. The van der Waals surface area contributed by atoms with E-state index in [-0.39, 0.29) is 10.6 Å². The first kappa shape index (κ1) is 15.4. The molecule has 0 fully saturated rings.